The van der Waals surface area contributed by atoms with Crippen molar-refractivity contribution in [2.45, 2.75) is 18.9 Å². The number of carbonyl (C=O) groups excluding carboxylic acids is 1. The topological polar surface area (TPSA) is 80.6 Å². The van der Waals surface area contributed by atoms with E-state index in [0.717, 1.165) is 0 Å². The summed E-state index contributed by atoms with van der Waals surface area (Å²) in [4.78, 5) is 12.1. The number of carbonyl (C=O) groups is 1. The monoisotopic (exact) mass is 254 g/mol. The molecule has 2 aliphatic heterocycles. The zero-order valence-electron chi connectivity index (χ0n) is 10.3. The third-order valence-electron chi connectivity index (χ3n) is 3.37. The molecule has 0 aromatic carbocycles. The van der Waals surface area contributed by atoms with Gasteiger partial charge in [-0.2, -0.15) is 5.26 Å². The molecule has 2 fully saturated rings. The molecule has 0 bridgehead atoms. The van der Waals surface area contributed by atoms with Crippen molar-refractivity contribution >= 4 is 5.91 Å². The van der Waals surface area contributed by atoms with Crippen LogP contribution in [0.2, 0.25) is 0 Å². The Bertz CT molecular complexity index is 327. The molecule has 1 amide bonds. The summed E-state index contributed by atoms with van der Waals surface area (Å²) in [7, 11) is 0. The Balaban J connectivity index is 1.84. The van der Waals surface area contributed by atoms with Crippen LogP contribution in [-0.2, 0) is 19.0 Å². The van der Waals surface area contributed by atoms with Gasteiger partial charge in [-0.15, -0.1) is 0 Å². The Hall–Kier alpha value is -1.16. The minimum atomic E-state index is -0.937. The molecule has 18 heavy (non-hydrogen) atoms. The number of nitriles is 1. The lowest BCUT2D eigenvalue weighted by Gasteiger charge is -2.30. The van der Waals surface area contributed by atoms with Crippen LogP contribution in [-0.4, -0.2) is 51.6 Å². The molecule has 0 radical (unpaired) electrons. The van der Waals surface area contributed by atoms with Gasteiger partial charge in [-0.25, -0.2) is 0 Å². The Morgan fingerprint density at radius 1 is 1.28 bits per heavy atom. The number of hydrogen-bond donors (Lipinski definition) is 1. The molecule has 2 saturated heterocycles. The maximum atomic E-state index is 12.1. The number of hydrogen-bond acceptors (Lipinski definition) is 5. The van der Waals surface area contributed by atoms with Crippen LogP contribution in [0.15, 0.2) is 0 Å². The molecular weight excluding hydrogens is 236 g/mol. The van der Waals surface area contributed by atoms with Crippen molar-refractivity contribution in [3.05, 3.63) is 0 Å². The fourth-order valence-electron chi connectivity index (χ4n) is 2.14. The van der Waals surface area contributed by atoms with Crippen LogP contribution in [0, 0.1) is 16.7 Å². The van der Waals surface area contributed by atoms with E-state index in [2.05, 4.69) is 11.4 Å². The van der Waals surface area contributed by atoms with Gasteiger partial charge in [0, 0.05) is 19.8 Å². The van der Waals surface area contributed by atoms with Crippen molar-refractivity contribution in [2.24, 2.45) is 5.41 Å². The predicted octanol–water partition coefficient (Wildman–Crippen LogP) is -0.162. The van der Waals surface area contributed by atoms with Gasteiger partial charge in [0.2, 0.25) is 5.91 Å². The first-order valence-corrected chi connectivity index (χ1v) is 6.23. The van der Waals surface area contributed by atoms with Crippen molar-refractivity contribution in [3.63, 3.8) is 0 Å². The minimum absolute atomic E-state index is 0.113. The quantitative estimate of drug-likeness (QED) is 0.757. The van der Waals surface area contributed by atoms with E-state index in [1.54, 1.807) is 0 Å². The minimum Gasteiger partial charge on any atom is -0.381 e. The van der Waals surface area contributed by atoms with E-state index >= 15 is 0 Å². The molecule has 100 valence electrons. The summed E-state index contributed by atoms with van der Waals surface area (Å²) in [6, 6.07) is 2.14. The second-order valence-corrected chi connectivity index (χ2v) is 4.58. The summed E-state index contributed by atoms with van der Waals surface area (Å²) in [5.74, 6) is -0.220. The zero-order chi connectivity index (χ0) is 12.8. The molecule has 6 heteroatoms. The largest absolute Gasteiger partial charge is 0.381 e. The number of rotatable bonds is 3. The lowest BCUT2D eigenvalue weighted by Crippen LogP contribution is -2.47. The van der Waals surface area contributed by atoms with E-state index < -0.39 is 5.41 Å². The van der Waals surface area contributed by atoms with Gasteiger partial charge >= 0.3 is 0 Å². The zero-order valence-corrected chi connectivity index (χ0v) is 10.3. The highest BCUT2D eigenvalue weighted by Crippen LogP contribution is 2.29. The van der Waals surface area contributed by atoms with E-state index in [0.29, 0.717) is 52.4 Å². The Labute approximate surface area is 106 Å². The van der Waals surface area contributed by atoms with Crippen LogP contribution in [0.25, 0.3) is 0 Å². The van der Waals surface area contributed by atoms with E-state index in [9.17, 15) is 10.1 Å². The molecule has 0 aromatic rings. The van der Waals surface area contributed by atoms with Crippen LogP contribution < -0.4 is 5.32 Å². The fourth-order valence-corrected chi connectivity index (χ4v) is 2.14. The van der Waals surface area contributed by atoms with Gasteiger partial charge < -0.3 is 19.5 Å². The highest BCUT2D eigenvalue weighted by molar-refractivity contribution is 5.85. The van der Waals surface area contributed by atoms with Gasteiger partial charge in [0.1, 0.15) is 5.41 Å². The number of amides is 1. The van der Waals surface area contributed by atoms with E-state index in [1.807, 2.05) is 0 Å². The second-order valence-electron chi connectivity index (χ2n) is 4.58. The number of nitrogens with one attached hydrogen (secondary N) is 1. The summed E-state index contributed by atoms with van der Waals surface area (Å²) in [5.41, 5.74) is -0.937. The maximum Gasteiger partial charge on any atom is 0.240 e. The Morgan fingerprint density at radius 2 is 2.06 bits per heavy atom. The average molecular weight is 254 g/mol. The predicted molar refractivity (Wildman–Crippen MR) is 61.7 cm³/mol. The third kappa shape index (κ3) is 2.99. The van der Waals surface area contributed by atoms with Crippen molar-refractivity contribution in [1.29, 1.82) is 5.26 Å². The highest BCUT2D eigenvalue weighted by atomic mass is 16.6. The molecule has 2 aliphatic rings. The first kappa shape index (κ1) is 13.3. The molecule has 1 atom stereocenters. The van der Waals surface area contributed by atoms with Crippen LogP contribution >= 0.6 is 0 Å². The Morgan fingerprint density at radius 3 is 2.67 bits per heavy atom. The first-order valence-electron chi connectivity index (χ1n) is 6.23. The maximum absolute atomic E-state index is 12.1. The van der Waals surface area contributed by atoms with Crippen molar-refractivity contribution in [3.8, 4) is 6.07 Å². The molecule has 0 saturated carbocycles. The van der Waals surface area contributed by atoms with Crippen LogP contribution in [0.3, 0.4) is 0 Å². The summed E-state index contributed by atoms with van der Waals surface area (Å²) < 4.78 is 15.9. The van der Waals surface area contributed by atoms with E-state index in [-0.39, 0.29) is 12.0 Å². The van der Waals surface area contributed by atoms with Gasteiger partial charge in [-0.05, 0) is 12.8 Å². The van der Waals surface area contributed by atoms with E-state index in [1.165, 1.54) is 0 Å². The number of ether oxygens (including phenoxy) is 3. The lowest BCUT2D eigenvalue weighted by atomic mass is 9.81. The van der Waals surface area contributed by atoms with Crippen molar-refractivity contribution in [2.75, 3.05) is 39.6 Å². The average Bonchev–Trinajstić information content (AvgIpc) is 2.46. The normalized spacial score (nSPS) is 27.2. The molecule has 6 nitrogen and oxygen atoms in total. The molecule has 0 aromatic heterocycles. The summed E-state index contributed by atoms with van der Waals surface area (Å²) in [6.45, 7) is 2.96. The molecule has 0 spiro atoms. The van der Waals surface area contributed by atoms with Gasteiger partial charge in [0.25, 0.3) is 0 Å². The summed E-state index contributed by atoms with van der Waals surface area (Å²) >= 11 is 0. The smallest absolute Gasteiger partial charge is 0.240 e. The first-order chi connectivity index (χ1) is 8.77. The fraction of sp³-hybridized carbons (Fsp3) is 0.833. The molecule has 1 unspecified atom stereocenters. The summed E-state index contributed by atoms with van der Waals surface area (Å²) in [6.07, 6.45) is 0.799. The van der Waals surface area contributed by atoms with Gasteiger partial charge in [-0.1, -0.05) is 0 Å². The van der Waals surface area contributed by atoms with Crippen LogP contribution in [0.5, 0.6) is 0 Å². The van der Waals surface area contributed by atoms with Gasteiger partial charge in [0.15, 0.2) is 0 Å². The van der Waals surface area contributed by atoms with Crippen LogP contribution in [0.4, 0.5) is 0 Å². The van der Waals surface area contributed by atoms with Gasteiger partial charge in [-0.3, -0.25) is 4.79 Å². The third-order valence-corrected chi connectivity index (χ3v) is 3.37. The Kier molecular flexibility index (Phi) is 4.53. The van der Waals surface area contributed by atoms with Crippen LogP contribution in [0.1, 0.15) is 12.8 Å². The molecular formula is C12H18N2O4. The molecule has 0 aliphatic carbocycles. The van der Waals surface area contributed by atoms with Crippen molar-refractivity contribution in [1.82, 2.24) is 5.32 Å². The standard InChI is InChI=1S/C12H18N2O4/c13-9-12(1-3-16-4-2-12)11(15)14-7-10-8-17-5-6-18-10/h10H,1-8H2,(H,14,15). The van der Waals surface area contributed by atoms with Crippen molar-refractivity contribution < 1.29 is 19.0 Å². The molecule has 2 heterocycles. The molecule has 2 rings (SSSR count). The molecule has 1 N–H and O–H groups in total. The lowest BCUT2D eigenvalue weighted by molar-refractivity contribution is -0.134. The summed E-state index contributed by atoms with van der Waals surface area (Å²) in [5, 5.41) is 12.0. The number of nitrogens with zero attached hydrogens (tertiary/aromatic N) is 1. The second kappa shape index (κ2) is 6.14. The van der Waals surface area contributed by atoms with Gasteiger partial charge in [0.05, 0.1) is 32.0 Å². The highest BCUT2D eigenvalue weighted by Gasteiger charge is 2.40. The van der Waals surface area contributed by atoms with E-state index in [4.69, 9.17) is 14.2 Å². The SMILES string of the molecule is N#CC1(C(=O)NCC2COCCO2)CCOCC1.